The van der Waals surface area contributed by atoms with Crippen molar-refractivity contribution in [1.29, 1.82) is 0 Å². The minimum atomic E-state index is -0.461. The van der Waals surface area contributed by atoms with Gasteiger partial charge in [0, 0.05) is 30.6 Å². The van der Waals surface area contributed by atoms with Crippen molar-refractivity contribution < 1.29 is 9.59 Å². The number of aryl methyl sites for hydroxylation is 1. The van der Waals surface area contributed by atoms with Crippen molar-refractivity contribution in [3.63, 3.8) is 0 Å². The van der Waals surface area contributed by atoms with E-state index < -0.39 is 6.04 Å². The van der Waals surface area contributed by atoms with Crippen molar-refractivity contribution in [3.8, 4) is 0 Å². The molecule has 5 heteroatoms. The van der Waals surface area contributed by atoms with Gasteiger partial charge in [-0.15, -0.1) is 0 Å². The van der Waals surface area contributed by atoms with E-state index in [2.05, 4.69) is 16.4 Å². The van der Waals surface area contributed by atoms with E-state index in [0.717, 1.165) is 21.4 Å². The molecule has 1 atom stereocenters. The van der Waals surface area contributed by atoms with Gasteiger partial charge in [-0.25, -0.2) is 4.79 Å². The number of carbonyl (C=O) groups is 2. The average molecular weight is 257 g/mol. The van der Waals surface area contributed by atoms with Crippen LogP contribution in [0.2, 0.25) is 0 Å². The number of hydrogen-bond acceptors (Lipinski definition) is 2. The van der Waals surface area contributed by atoms with Gasteiger partial charge in [0.25, 0.3) is 5.91 Å². The monoisotopic (exact) mass is 257 g/mol. The van der Waals surface area contributed by atoms with Crippen LogP contribution in [0.15, 0.2) is 24.4 Å². The molecule has 1 aliphatic rings. The second-order valence-electron chi connectivity index (χ2n) is 4.97. The zero-order chi connectivity index (χ0) is 13.6. The van der Waals surface area contributed by atoms with Gasteiger partial charge in [-0.3, -0.25) is 9.69 Å². The lowest BCUT2D eigenvalue weighted by atomic mass is 10.0. The third kappa shape index (κ3) is 1.87. The van der Waals surface area contributed by atoms with E-state index in [4.69, 9.17) is 0 Å². The van der Waals surface area contributed by atoms with Crippen LogP contribution < -0.4 is 5.32 Å². The molecule has 1 aromatic heterocycles. The highest BCUT2D eigenvalue weighted by Crippen LogP contribution is 2.22. The highest BCUT2D eigenvalue weighted by molar-refractivity contribution is 6.04. The minimum absolute atomic E-state index is 0.174. The fourth-order valence-electron chi connectivity index (χ4n) is 2.46. The van der Waals surface area contributed by atoms with Crippen LogP contribution in [0, 0.1) is 6.92 Å². The van der Waals surface area contributed by atoms with Crippen LogP contribution in [0.1, 0.15) is 11.1 Å². The van der Waals surface area contributed by atoms with Crippen molar-refractivity contribution in [2.24, 2.45) is 0 Å². The number of aromatic amines is 1. The first kappa shape index (κ1) is 11.8. The molecule has 0 radical (unpaired) electrons. The summed E-state index contributed by atoms with van der Waals surface area (Å²) in [5.41, 5.74) is 3.27. The summed E-state index contributed by atoms with van der Waals surface area (Å²) in [6, 6.07) is 5.36. The third-order valence-corrected chi connectivity index (χ3v) is 3.58. The number of nitrogens with zero attached hydrogens (tertiary/aromatic N) is 1. The first-order valence-corrected chi connectivity index (χ1v) is 6.21. The summed E-state index contributed by atoms with van der Waals surface area (Å²) in [5.74, 6) is -0.174. The molecular weight excluding hydrogens is 242 g/mol. The molecule has 1 saturated heterocycles. The van der Waals surface area contributed by atoms with E-state index in [0.29, 0.717) is 6.42 Å². The Hall–Kier alpha value is -2.30. The zero-order valence-electron chi connectivity index (χ0n) is 10.9. The van der Waals surface area contributed by atoms with Crippen LogP contribution in [-0.2, 0) is 11.2 Å². The Balaban J connectivity index is 1.92. The molecule has 2 heterocycles. The molecule has 0 saturated carbocycles. The molecule has 1 aromatic carbocycles. The first-order valence-electron chi connectivity index (χ1n) is 6.21. The Kier molecular flexibility index (Phi) is 2.55. The van der Waals surface area contributed by atoms with Crippen LogP contribution in [0.25, 0.3) is 10.9 Å². The van der Waals surface area contributed by atoms with Gasteiger partial charge in [0.05, 0.1) is 0 Å². The molecule has 1 fully saturated rings. The average Bonchev–Trinajstić information content (AvgIpc) is 2.88. The lowest BCUT2D eigenvalue weighted by Gasteiger charge is -2.07. The van der Waals surface area contributed by atoms with Gasteiger partial charge in [0.2, 0.25) is 0 Å². The Morgan fingerprint density at radius 2 is 2.11 bits per heavy atom. The second-order valence-corrected chi connectivity index (χ2v) is 4.97. The molecule has 1 aliphatic heterocycles. The van der Waals surface area contributed by atoms with E-state index in [1.54, 1.807) is 0 Å². The Labute approximate surface area is 110 Å². The van der Waals surface area contributed by atoms with Crippen LogP contribution in [-0.4, -0.2) is 34.9 Å². The maximum Gasteiger partial charge on any atom is 0.324 e. The van der Waals surface area contributed by atoms with Gasteiger partial charge in [-0.2, -0.15) is 0 Å². The Morgan fingerprint density at radius 1 is 1.32 bits per heavy atom. The van der Waals surface area contributed by atoms with Gasteiger partial charge in [0.15, 0.2) is 0 Å². The van der Waals surface area contributed by atoms with Crippen molar-refractivity contribution >= 4 is 22.8 Å². The van der Waals surface area contributed by atoms with Gasteiger partial charge in [-0.1, -0.05) is 11.6 Å². The number of benzene rings is 1. The molecule has 0 unspecified atom stereocenters. The molecule has 19 heavy (non-hydrogen) atoms. The first-order chi connectivity index (χ1) is 9.06. The number of nitrogens with one attached hydrogen (secondary N) is 2. The number of hydrogen-bond donors (Lipinski definition) is 2. The number of amides is 3. The number of carbonyl (C=O) groups excluding carboxylic acids is 2. The molecule has 0 aliphatic carbocycles. The smallest absolute Gasteiger partial charge is 0.324 e. The molecule has 0 bridgehead atoms. The predicted molar refractivity (Wildman–Crippen MR) is 71.8 cm³/mol. The quantitative estimate of drug-likeness (QED) is 0.802. The van der Waals surface area contributed by atoms with Crippen molar-refractivity contribution in [2.45, 2.75) is 19.4 Å². The summed E-state index contributed by atoms with van der Waals surface area (Å²) >= 11 is 0. The zero-order valence-corrected chi connectivity index (χ0v) is 10.9. The molecular formula is C14H15N3O2. The summed E-state index contributed by atoms with van der Waals surface area (Å²) in [5, 5.41) is 3.80. The second kappa shape index (κ2) is 4.12. The maximum atomic E-state index is 11.9. The fourth-order valence-corrected chi connectivity index (χ4v) is 2.46. The number of likely N-dealkylation sites (N-methyl/N-ethyl adjacent to an activating group) is 1. The number of urea groups is 1. The van der Waals surface area contributed by atoms with E-state index in [9.17, 15) is 9.59 Å². The van der Waals surface area contributed by atoms with Crippen molar-refractivity contribution in [3.05, 3.63) is 35.5 Å². The van der Waals surface area contributed by atoms with Crippen molar-refractivity contribution in [1.82, 2.24) is 15.2 Å². The maximum absolute atomic E-state index is 11.9. The Bertz CT molecular complexity index is 674. The van der Waals surface area contributed by atoms with Crippen molar-refractivity contribution in [2.75, 3.05) is 7.05 Å². The van der Waals surface area contributed by atoms with Gasteiger partial charge < -0.3 is 10.3 Å². The number of rotatable bonds is 2. The summed E-state index contributed by atoms with van der Waals surface area (Å²) in [6.45, 7) is 2.03. The highest BCUT2D eigenvalue weighted by Gasteiger charge is 2.35. The lowest BCUT2D eigenvalue weighted by molar-refractivity contribution is -0.126. The molecule has 3 amide bonds. The van der Waals surface area contributed by atoms with Gasteiger partial charge in [0.1, 0.15) is 6.04 Å². The number of aromatic nitrogens is 1. The SMILES string of the molecule is Cc1ccc2[nH]cc(C[C@H]3NC(=O)N(C)C3=O)c2c1. The van der Waals surface area contributed by atoms with E-state index in [-0.39, 0.29) is 11.9 Å². The van der Waals surface area contributed by atoms with E-state index in [1.807, 2.05) is 25.3 Å². The fraction of sp³-hybridized carbons (Fsp3) is 0.286. The van der Waals surface area contributed by atoms with E-state index in [1.165, 1.54) is 12.6 Å². The molecule has 2 aromatic rings. The topological polar surface area (TPSA) is 65.2 Å². The minimum Gasteiger partial charge on any atom is -0.361 e. The number of H-pyrrole nitrogens is 1. The van der Waals surface area contributed by atoms with Crippen LogP contribution in [0.5, 0.6) is 0 Å². The normalized spacial score (nSPS) is 19.3. The molecule has 0 spiro atoms. The van der Waals surface area contributed by atoms with Crippen LogP contribution >= 0.6 is 0 Å². The largest absolute Gasteiger partial charge is 0.361 e. The molecule has 98 valence electrons. The predicted octanol–water partition coefficient (Wildman–Crippen LogP) is 1.57. The van der Waals surface area contributed by atoms with Crippen LogP contribution in [0.4, 0.5) is 4.79 Å². The molecule has 2 N–H and O–H groups in total. The summed E-state index contributed by atoms with van der Waals surface area (Å²) < 4.78 is 0. The third-order valence-electron chi connectivity index (χ3n) is 3.58. The summed E-state index contributed by atoms with van der Waals surface area (Å²) in [7, 11) is 1.50. The van der Waals surface area contributed by atoms with Gasteiger partial charge >= 0.3 is 6.03 Å². The van der Waals surface area contributed by atoms with Gasteiger partial charge in [-0.05, 0) is 24.6 Å². The Morgan fingerprint density at radius 3 is 2.79 bits per heavy atom. The van der Waals surface area contributed by atoms with Crippen LogP contribution in [0.3, 0.4) is 0 Å². The van der Waals surface area contributed by atoms with E-state index >= 15 is 0 Å². The summed E-state index contributed by atoms with van der Waals surface area (Å²) in [4.78, 5) is 27.6. The molecule has 3 rings (SSSR count). The summed E-state index contributed by atoms with van der Waals surface area (Å²) in [6.07, 6.45) is 2.42. The number of fused-ring (bicyclic) bond motifs is 1. The lowest BCUT2D eigenvalue weighted by Crippen LogP contribution is -2.31. The standard InChI is InChI=1S/C14H15N3O2/c1-8-3-4-11-10(5-8)9(7-15-11)6-12-13(18)17(2)14(19)16-12/h3-5,7,12,15H,6H2,1-2H3,(H,16,19)/t12-/m1/s1. The number of imide groups is 1. The highest BCUT2D eigenvalue weighted by atomic mass is 16.2. The molecule has 5 nitrogen and oxygen atoms in total.